The van der Waals surface area contributed by atoms with Gasteiger partial charge in [0, 0.05) is 4.47 Å². The maximum atomic E-state index is 9.17. The first-order chi connectivity index (χ1) is 48.0. The van der Waals surface area contributed by atoms with E-state index >= 15 is 0 Å². The molecule has 0 saturated carbocycles. The Morgan fingerprint density at radius 3 is 1.09 bits per heavy atom. The Balaban J connectivity index is 0.000000189. The molecular formula is C70H54BBrO2. The van der Waals surface area contributed by atoms with E-state index in [1.807, 2.05) is 48.5 Å². The van der Waals surface area contributed by atoms with E-state index in [2.05, 4.69) is 15.9 Å². The van der Waals surface area contributed by atoms with E-state index in [1.54, 1.807) is 36.4 Å². The Morgan fingerprint density at radius 2 is 0.649 bits per heavy atom. The third-order valence-corrected chi connectivity index (χ3v) is 12.7. The van der Waals surface area contributed by atoms with Gasteiger partial charge in [-0.25, -0.2) is 0 Å². The molecule has 356 valence electrons. The summed E-state index contributed by atoms with van der Waals surface area (Å²) in [5.41, 5.74) is -0.532. The summed E-state index contributed by atoms with van der Waals surface area (Å²) in [6.07, 6.45) is 0. The Hall–Kier alpha value is -8.38. The molecule has 0 heterocycles. The molecule has 0 aliphatic carbocycles. The molecule has 0 aliphatic rings. The van der Waals surface area contributed by atoms with Crippen molar-refractivity contribution < 1.29 is 51.2 Å². The van der Waals surface area contributed by atoms with Crippen LogP contribution < -0.4 is 5.46 Å². The number of fused-ring (bicyclic) bond motifs is 8. The molecule has 2 nitrogen and oxygen atoms in total. The van der Waals surface area contributed by atoms with Gasteiger partial charge in [-0.2, -0.15) is 0 Å². The van der Waals surface area contributed by atoms with Crippen molar-refractivity contribution in [3.05, 3.63) is 271 Å². The van der Waals surface area contributed by atoms with Crippen LogP contribution in [0.25, 0.3) is 120 Å². The molecule has 0 spiro atoms. The van der Waals surface area contributed by atoms with Crippen LogP contribution in [0.4, 0.5) is 0 Å². The van der Waals surface area contributed by atoms with Crippen LogP contribution in [-0.4, -0.2) is 17.2 Å². The van der Waals surface area contributed by atoms with Crippen molar-refractivity contribution in [1.29, 1.82) is 0 Å². The Bertz CT molecular complexity index is 5970. The number of hydrogen-bond acceptors (Lipinski definition) is 2. The highest BCUT2D eigenvalue weighted by Gasteiger charge is 2.19. The van der Waals surface area contributed by atoms with Crippen LogP contribution >= 0.6 is 15.9 Å². The first-order valence-corrected chi connectivity index (χ1v) is 22.7. The minimum absolute atomic E-state index is 0. The fourth-order valence-corrected chi connectivity index (χ4v) is 9.30. The second kappa shape index (κ2) is 21.4. The van der Waals surface area contributed by atoms with Gasteiger partial charge in [0.05, 0.1) is 41.1 Å². The van der Waals surface area contributed by atoms with Gasteiger partial charge in [-0.05, 0) is 147 Å². The van der Waals surface area contributed by atoms with Crippen LogP contribution in [0.5, 0.6) is 0 Å². The Morgan fingerprint density at radius 1 is 0.311 bits per heavy atom. The molecule has 14 aromatic carbocycles. The third-order valence-electron chi connectivity index (χ3n) is 11.9. The summed E-state index contributed by atoms with van der Waals surface area (Å²) in [5.74, 6) is 0. The summed E-state index contributed by atoms with van der Waals surface area (Å²) in [4.78, 5) is 0. The van der Waals surface area contributed by atoms with Gasteiger partial charge < -0.3 is 10.0 Å². The van der Waals surface area contributed by atoms with Crippen molar-refractivity contribution in [1.82, 2.24) is 0 Å². The van der Waals surface area contributed by atoms with Crippen molar-refractivity contribution in [3.63, 3.8) is 0 Å². The molecule has 0 atom stereocenters. The van der Waals surface area contributed by atoms with Crippen LogP contribution in [0.1, 0.15) is 56.0 Å². The van der Waals surface area contributed by atoms with Gasteiger partial charge in [0.25, 0.3) is 0 Å². The first kappa shape index (κ1) is 25.0. The smallest absolute Gasteiger partial charge is 0.423 e. The molecule has 14 rings (SSSR count). The SMILES string of the molecule is C.C.OB(O)c1ccc2ccccc2c1.[2H]c1c([2H])c([2H])c2c(-c3c4c([2H])c([2H])c([2H])c([2H])c4c(-c4ccc5ccccc5c4)c4c([2H])c([2H])c([2H])c([2H])c34)c([2H])c([2H])c([2H])c2c1[2H].[2H]c1c([2H])c([2H])c2c(-c3c4c([2H])c([2H])c([2H])c([2H])c4c(Br)c4c([2H])c([2H])c([2H])c([2H])c34)c([2H])c([2H])c([2H])c2c1[2H]. The monoisotopic (exact) mass is 1050 g/mol. The van der Waals surface area contributed by atoms with Crippen molar-refractivity contribution in [2.24, 2.45) is 0 Å². The molecule has 0 aliphatic heterocycles. The third kappa shape index (κ3) is 9.10. The minimum Gasteiger partial charge on any atom is -0.423 e. The standard InChI is InChI=1S/C34H22.C24H15Br.C10H9BO2.2CH4/c1-2-12-25-22-26(21-20-23(25)10-1)33-29-15-5-7-17-31(29)34(32-18-8-6-16-30(32)33)28-19-9-13-24-11-3-4-14-27(24)28;25-24-21-13-5-3-11-19(21)23(20-12-4-6-14-22(20)24)18-15-7-9-16-8-1-2-10-17(16)18;12-11(13)10-6-5-8-3-1-2-4-9(8)7-10;;/h1-22H;1-15H;1-7,12-13H;2*1H4/i3D,4D,5D,6D,7D,8D,9D,11D,13D,14D,15D,16D,17D,18D,19D;1D,2D,3D,4D,5D,6D,7D,8D,9D,10D,11D,12D,13D,14D,15D;;;. The van der Waals surface area contributed by atoms with Gasteiger partial charge in [0.2, 0.25) is 0 Å². The van der Waals surface area contributed by atoms with Crippen LogP contribution in [0.15, 0.2) is 271 Å². The quantitative estimate of drug-likeness (QED) is 0.136. The average molecular weight is 1050 g/mol. The zero-order valence-electron chi connectivity index (χ0n) is 66.9. The van der Waals surface area contributed by atoms with E-state index in [9.17, 15) is 0 Å². The molecule has 0 bridgehead atoms. The molecule has 0 radical (unpaired) electrons. The molecule has 4 heteroatoms. The normalized spacial score (nSPS) is 16.6. The molecule has 2 N–H and O–H groups in total. The maximum Gasteiger partial charge on any atom is 0.488 e. The fourth-order valence-electron chi connectivity index (χ4n) is 8.71. The summed E-state index contributed by atoms with van der Waals surface area (Å²) in [5, 5.41) is 18.2. The molecule has 0 aromatic heterocycles. The summed E-state index contributed by atoms with van der Waals surface area (Å²) in [6.45, 7) is 0. The predicted molar refractivity (Wildman–Crippen MR) is 327 cm³/mol. The van der Waals surface area contributed by atoms with Crippen LogP contribution in [0, 0.1) is 0 Å². The van der Waals surface area contributed by atoms with E-state index in [0.717, 1.165) is 21.5 Å². The van der Waals surface area contributed by atoms with E-state index in [-0.39, 0.29) is 84.5 Å². The van der Waals surface area contributed by atoms with Gasteiger partial charge in [0.15, 0.2) is 0 Å². The fraction of sp³-hybridized carbons (Fsp3) is 0.0286. The summed E-state index contributed by atoms with van der Waals surface area (Å²) < 4.78 is 259. The number of benzene rings is 14. The summed E-state index contributed by atoms with van der Waals surface area (Å²) in [6, 6.07) is 5.96. The van der Waals surface area contributed by atoms with Gasteiger partial charge in [-0.15, -0.1) is 0 Å². The van der Waals surface area contributed by atoms with Crippen molar-refractivity contribution in [2.75, 3.05) is 0 Å². The second-order valence-electron chi connectivity index (χ2n) is 16.0. The molecule has 0 amide bonds. The number of hydrogen-bond donors (Lipinski definition) is 2. The second-order valence-corrected chi connectivity index (χ2v) is 16.8. The molecule has 0 fully saturated rings. The highest BCUT2D eigenvalue weighted by Crippen LogP contribution is 2.46. The van der Waals surface area contributed by atoms with Gasteiger partial charge in [-0.3, -0.25) is 0 Å². The van der Waals surface area contributed by atoms with Crippen molar-refractivity contribution >= 4 is 115 Å². The van der Waals surface area contributed by atoms with Gasteiger partial charge in [0.1, 0.15) is 0 Å². The van der Waals surface area contributed by atoms with E-state index in [1.165, 1.54) is 0 Å². The Kier molecular flexibility index (Phi) is 7.23. The molecule has 0 unspecified atom stereocenters. The van der Waals surface area contributed by atoms with Gasteiger partial charge >= 0.3 is 7.12 Å². The molecule has 74 heavy (non-hydrogen) atoms. The predicted octanol–water partition coefficient (Wildman–Crippen LogP) is 19.0. The molecule has 14 aromatic rings. The van der Waals surface area contributed by atoms with E-state index < -0.39 is 216 Å². The number of rotatable bonds is 4. The first-order valence-electron chi connectivity index (χ1n) is 36.9. The summed E-state index contributed by atoms with van der Waals surface area (Å²) >= 11 is 3.29. The molecular weight excluding hydrogens is 963 g/mol. The highest BCUT2D eigenvalue weighted by molar-refractivity contribution is 9.10. The molecule has 0 saturated heterocycles. The largest absolute Gasteiger partial charge is 0.488 e. The topological polar surface area (TPSA) is 40.5 Å². The zero-order chi connectivity index (χ0) is 74.7. The van der Waals surface area contributed by atoms with Crippen molar-refractivity contribution in [2.45, 2.75) is 14.9 Å². The van der Waals surface area contributed by atoms with Crippen LogP contribution in [-0.2, 0) is 0 Å². The lowest BCUT2D eigenvalue weighted by molar-refractivity contribution is 0.426. The lowest BCUT2D eigenvalue weighted by Crippen LogP contribution is -2.29. The van der Waals surface area contributed by atoms with E-state index in [4.69, 9.17) is 51.2 Å². The average Bonchev–Trinajstić information content (AvgIpc) is 0.697. The van der Waals surface area contributed by atoms with Crippen LogP contribution in [0.2, 0.25) is 0 Å². The zero-order valence-corrected chi connectivity index (χ0v) is 38.5. The highest BCUT2D eigenvalue weighted by atomic mass is 79.9. The number of halogens is 1. The summed E-state index contributed by atoms with van der Waals surface area (Å²) in [7, 11) is -1.38. The lowest BCUT2D eigenvalue weighted by atomic mass is 9.79. The maximum absolute atomic E-state index is 9.17. The van der Waals surface area contributed by atoms with E-state index in [0.29, 0.717) is 11.0 Å². The van der Waals surface area contributed by atoms with Crippen LogP contribution in [0.3, 0.4) is 0 Å². The lowest BCUT2D eigenvalue weighted by Gasteiger charge is -2.19. The Labute approximate surface area is 483 Å². The minimum atomic E-state index is -1.38. The van der Waals surface area contributed by atoms with Gasteiger partial charge in [-0.1, -0.05) is 275 Å². The van der Waals surface area contributed by atoms with Crippen molar-refractivity contribution in [3.8, 4) is 33.4 Å².